The van der Waals surface area contributed by atoms with Gasteiger partial charge in [-0.15, -0.1) is 0 Å². The summed E-state index contributed by atoms with van der Waals surface area (Å²) in [4.78, 5) is 28.1. The largest absolute Gasteiger partial charge is 0.470 e. The van der Waals surface area contributed by atoms with Crippen LogP contribution in [0, 0.1) is 10.1 Å². The number of nitro groups is 1. The van der Waals surface area contributed by atoms with Crippen LogP contribution in [0.1, 0.15) is 22.3 Å². The normalized spacial score (nSPS) is 11.2. The van der Waals surface area contributed by atoms with Crippen LogP contribution in [-0.4, -0.2) is 27.4 Å². The minimum atomic E-state index is -4.86. The summed E-state index contributed by atoms with van der Waals surface area (Å²) in [7, 11) is 0. The van der Waals surface area contributed by atoms with E-state index in [2.05, 4.69) is 15.3 Å². The highest BCUT2D eigenvalue weighted by molar-refractivity contribution is 7.15. The lowest BCUT2D eigenvalue weighted by atomic mass is 10.3. The van der Waals surface area contributed by atoms with Crippen molar-refractivity contribution in [2.75, 3.05) is 17.7 Å². The van der Waals surface area contributed by atoms with E-state index in [1.807, 2.05) is 0 Å². The van der Waals surface area contributed by atoms with Gasteiger partial charge in [-0.25, -0.2) is 4.98 Å². The Bertz CT molecular complexity index is 824. The molecule has 2 aromatic rings. The first kappa shape index (κ1) is 18.4. The van der Waals surface area contributed by atoms with Crippen molar-refractivity contribution in [1.82, 2.24) is 9.97 Å². The van der Waals surface area contributed by atoms with Gasteiger partial charge in [0, 0.05) is 6.07 Å². The minimum Gasteiger partial charge on any atom is -0.470 e. The zero-order chi connectivity index (χ0) is 18.8. The Balaban J connectivity index is 2.32. The summed E-state index contributed by atoms with van der Waals surface area (Å²) in [6.45, 7) is 1.63. The van der Waals surface area contributed by atoms with Crippen molar-refractivity contribution in [2.45, 2.75) is 13.1 Å². The molecule has 0 atom stereocenters. The number of halogens is 3. The van der Waals surface area contributed by atoms with Gasteiger partial charge in [0.25, 0.3) is 11.1 Å². The van der Waals surface area contributed by atoms with Crippen LogP contribution in [0.3, 0.4) is 0 Å². The number of anilines is 2. The number of hydrogen-bond donors (Lipinski definition) is 2. The zero-order valence-corrected chi connectivity index (χ0v) is 13.3. The summed E-state index contributed by atoms with van der Waals surface area (Å²) in [5.41, 5.74) is 3.48. The molecule has 13 heteroatoms. The fourth-order valence-electron chi connectivity index (χ4n) is 1.70. The van der Waals surface area contributed by atoms with Gasteiger partial charge in [0.15, 0.2) is 5.69 Å². The quantitative estimate of drug-likeness (QED) is 0.604. The van der Waals surface area contributed by atoms with Crippen LogP contribution in [0.4, 0.5) is 30.5 Å². The molecule has 0 aliphatic carbocycles. The van der Waals surface area contributed by atoms with E-state index in [1.54, 1.807) is 6.92 Å². The van der Waals surface area contributed by atoms with Gasteiger partial charge in [-0.2, -0.15) is 18.2 Å². The fourth-order valence-corrected chi connectivity index (χ4v) is 2.59. The van der Waals surface area contributed by atoms with Crippen LogP contribution in [0.15, 0.2) is 12.1 Å². The third-order valence-electron chi connectivity index (χ3n) is 2.69. The van der Waals surface area contributed by atoms with Gasteiger partial charge < -0.3 is 15.8 Å². The van der Waals surface area contributed by atoms with Gasteiger partial charge in [0.1, 0.15) is 10.7 Å². The number of nitrogens with two attached hydrogens (primary N) is 1. The van der Waals surface area contributed by atoms with Gasteiger partial charge in [-0.1, -0.05) is 11.3 Å². The molecule has 0 radical (unpaired) electrons. The number of nitrogens with zero attached hydrogens (tertiary/aromatic N) is 3. The summed E-state index contributed by atoms with van der Waals surface area (Å²) in [6, 6.07) is 2.02. The number of thiazole rings is 1. The molecule has 3 N–H and O–H groups in total. The van der Waals surface area contributed by atoms with E-state index in [1.165, 1.54) is 0 Å². The summed E-state index contributed by atoms with van der Waals surface area (Å²) < 4.78 is 43.9. The van der Waals surface area contributed by atoms with Crippen LogP contribution in [-0.2, 0) is 6.18 Å². The summed E-state index contributed by atoms with van der Waals surface area (Å²) >= 11 is 0.418. The van der Waals surface area contributed by atoms with Gasteiger partial charge in [0.05, 0.1) is 11.5 Å². The Labute approximate surface area is 141 Å². The molecule has 0 unspecified atom stereocenters. The van der Waals surface area contributed by atoms with E-state index in [9.17, 15) is 28.1 Å². The Hall–Kier alpha value is -2.96. The molecular weight excluding hydrogens is 367 g/mol. The number of pyridine rings is 1. The Morgan fingerprint density at radius 2 is 2.12 bits per heavy atom. The molecule has 134 valence electrons. The topological polar surface area (TPSA) is 133 Å². The molecule has 0 aliphatic rings. The summed E-state index contributed by atoms with van der Waals surface area (Å²) in [5, 5.41) is 12.4. The van der Waals surface area contributed by atoms with E-state index in [-0.39, 0.29) is 17.6 Å². The second-order valence-corrected chi connectivity index (χ2v) is 5.36. The second-order valence-electron chi connectivity index (χ2n) is 4.40. The Morgan fingerprint density at radius 1 is 1.44 bits per heavy atom. The van der Waals surface area contributed by atoms with Gasteiger partial charge in [-0.05, 0) is 13.0 Å². The van der Waals surface area contributed by atoms with E-state index in [4.69, 9.17) is 10.5 Å². The third kappa shape index (κ3) is 4.12. The molecule has 0 spiro atoms. The predicted molar refractivity (Wildman–Crippen MR) is 81.5 cm³/mol. The van der Waals surface area contributed by atoms with E-state index in [0.717, 1.165) is 12.1 Å². The molecule has 2 aromatic heterocycles. The zero-order valence-electron chi connectivity index (χ0n) is 12.5. The second kappa shape index (κ2) is 6.88. The molecule has 1 amide bonds. The first-order valence-electron chi connectivity index (χ1n) is 6.56. The smallest absolute Gasteiger partial charge is 0.435 e. The molecule has 25 heavy (non-hydrogen) atoms. The van der Waals surface area contributed by atoms with Gasteiger partial charge >= 0.3 is 11.9 Å². The SMILES string of the molecule is CCOc1nc(C(F)(F)F)c(C(=O)Nc2ccc([N+](=O)[O-])c(N)n2)s1. The van der Waals surface area contributed by atoms with Crippen molar-refractivity contribution in [2.24, 2.45) is 0 Å². The number of ether oxygens (including phenoxy) is 1. The van der Waals surface area contributed by atoms with Crippen LogP contribution in [0.5, 0.6) is 5.19 Å². The maximum Gasteiger partial charge on any atom is 0.435 e. The number of nitrogen functional groups attached to an aromatic ring is 1. The molecule has 2 rings (SSSR count). The molecule has 0 aliphatic heterocycles. The average molecular weight is 377 g/mol. The van der Waals surface area contributed by atoms with Crippen LogP contribution >= 0.6 is 11.3 Å². The monoisotopic (exact) mass is 377 g/mol. The molecule has 0 saturated heterocycles. The third-order valence-corrected chi connectivity index (χ3v) is 3.66. The number of carbonyl (C=O) groups excluding carboxylic acids is 1. The number of nitrogens with one attached hydrogen (secondary N) is 1. The lowest BCUT2D eigenvalue weighted by Crippen LogP contribution is -2.18. The lowest BCUT2D eigenvalue weighted by molar-refractivity contribution is -0.384. The number of carbonyl (C=O) groups is 1. The molecule has 0 fully saturated rings. The fraction of sp³-hybridized carbons (Fsp3) is 0.250. The molecule has 0 aromatic carbocycles. The Morgan fingerprint density at radius 3 is 2.64 bits per heavy atom. The van der Waals surface area contributed by atoms with Crippen LogP contribution in [0.2, 0.25) is 0 Å². The highest BCUT2D eigenvalue weighted by atomic mass is 32.1. The molecule has 2 heterocycles. The number of alkyl halides is 3. The number of amides is 1. The minimum absolute atomic E-state index is 0.0757. The van der Waals surface area contributed by atoms with Crippen LogP contribution in [0.25, 0.3) is 0 Å². The molecular formula is C12H10F3N5O4S. The summed E-state index contributed by atoms with van der Waals surface area (Å²) in [6.07, 6.45) is -4.86. The highest BCUT2D eigenvalue weighted by Crippen LogP contribution is 2.37. The van der Waals surface area contributed by atoms with E-state index < -0.39 is 39.1 Å². The number of aromatic nitrogens is 2. The molecule has 0 bridgehead atoms. The average Bonchev–Trinajstić information content (AvgIpc) is 2.91. The molecule has 0 saturated carbocycles. The van der Waals surface area contributed by atoms with Crippen molar-refractivity contribution in [3.8, 4) is 5.19 Å². The van der Waals surface area contributed by atoms with Gasteiger partial charge in [-0.3, -0.25) is 14.9 Å². The first-order chi connectivity index (χ1) is 11.6. The van der Waals surface area contributed by atoms with Crippen molar-refractivity contribution in [3.05, 3.63) is 32.8 Å². The molecule has 9 nitrogen and oxygen atoms in total. The standard InChI is InChI=1S/C12H10F3N5O4S/c1-2-24-11-19-8(12(13,14)15)7(25-11)10(21)18-6-4-3-5(20(22)23)9(16)17-6/h3-4H,2H2,1H3,(H3,16,17,18,21). The number of hydrogen-bond acceptors (Lipinski definition) is 8. The first-order valence-corrected chi connectivity index (χ1v) is 7.38. The van der Waals surface area contributed by atoms with Crippen LogP contribution < -0.4 is 15.8 Å². The predicted octanol–water partition coefficient (Wildman–Crippen LogP) is 2.70. The van der Waals surface area contributed by atoms with Crippen molar-refractivity contribution in [1.29, 1.82) is 0 Å². The van der Waals surface area contributed by atoms with E-state index >= 15 is 0 Å². The summed E-state index contributed by atoms with van der Waals surface area (Å²) in [5.74, 6) is -1.87. The van der Waals surface area contributed by atoms with Crippen molar-refractivity contribution < 1.29 is 27.6 Å². The van der Waals surface area contributed by atoms with E-state index in [0.29, 0.717) is 11.3 Å². The van der Waals surface area contributed by atoms with Crippen molar-refractivity contribution >= 4 is 34.6 Å². The van der Waals surface area contributed by atoms with Crippen molar-refractivity contribution in [3.63, 3.8) is 0 Å². The van der Waals surface area contributed by atoms with Gasteiger partial charge in [0.2, 0.25) is 5.82 Å². The lowest BCUT2D eigenvalue weighted by Gasteiger charge is -2.07. The highest BCUT2D eigenvalue weighted by Gasteiger charge is 2.40. The maximum atomic E-state index is 13.0. The maximum absolute atomic E-state index is 13.0. The number of rotatable bonds is 5. The Kier molecular flexibility index (Phi) is 5.06.